The van der Waals surface area contributed by atoms with Gasteiger partial charge in [-0.05, 0) is 36.8 Å². The molecule has 0 bridgehead atoms. The van der Waals surface area contributed by atoms with Crippen LogP contribution in [0.5, 0.6) is 0 Å². The minimum Gasteiger partial charge on any atom is -0.337 e. The number of amides is 1. The summed E-state index contributed by atoms with van der Waals surface area (Å²) in [5.74, 6) is -0.338. The second-order valence-electron chi connectivity index (χ2n) is 6.36. The number of carbonyl (C=O) groups excluding carboxylic acids is 1. The average molecular weight is 401 g/mol. The maximum Gasteiger partial charge on any atom is 0.278 e. The lowest BCUT2D eigenvalue weighted by Gasteiger charge is -2.25. The zero-order valence-electron chi connectivity index (χ0n) is 15.3. The highest BCUT2D eigenvalue weighted by Gasteiger charge is 2.20. The largest absolute Gasteiger partial charge is 0.337 e. The summed E-state index contributed by atoms with van der Waals surface area (Å²) in [5, 5.41) is 13.3. The monoisotopic (exact) mass is 401 g/mol. The number of nitrogens with zero attached hydrogens (tertiary/aromatic N) is 4. The van der Waals surface area contributed by atoms with Crippen molar-refractivity contribution in [3.63, 3.8) is 0 Å². The fourth-order valence-electron chi connectivity index (χ4n) is 2.74. The summed E-state index contributed by atoms with van der Waals surface area (Å²) in [5.41, 5.74) is 0.797. The Morgan fingerprint density at radius 2 is 1.82 bits per heavy atom. The molecule has 3 rings (SSSR count). The number of rotatable bonds is 5. The average Bonchev–Trinajstić information content (AvgIpc) is 2.68. The zero-order chi connectivity index (χ0) is 20.5. The molecule has 3 aromatic rings. The van der Waals surface area contributed by atoms with Crippen molar-refractivity contribution in [3.8, 4) is 0 Å². The Labute approximate surface area is 161 Å². The van der Waals surface area contributed by atoms with Gasteiger partial charge in [0.1, 0.15) is 12.1 Å². The first-order valence-corrected chi connectivity index (χ1v) is 9.94. The van der Waals surface area contributed by atoms with Gasteiger partial charge in [0.05, 0.1) is 16.3 Å². The third kappa shape index (κ3) is 3.92. The molecule has 1 heterocycles. The van der Waals surface area contributed by atoms with Crippen molar-refractivity contribution in [2.24, 2.45) is 5.14 Å². The molecule has 28 heavy (non-hydrogen) atoms. The lowest BCUT2D eigenvalue weighted by molar-refractivity contribution is -0.132. The standard InChI is InChI=1S/C18H19N5O4S/c1-12(13-7-9-14(10-8-13)28(19,26)27)22(2)17(24)11-23-18(25)15-5-3-4-6-16(15)20-21-23/h3-10,12H,11H2,1-2H3,(H2,19,26,27)/t12-/m1/s1. The van der Waals surface area contributed by atoms with Gasteiger partial charge in [-0.3, -0.25) is 9.59 Å². The minimum atomic E-state index is -3.78. The van der Waals surface area contributed by atoms with Crippen LogP contribution in [0, 0.1) is 0 Å². The van der Waals surface area contributed by atoms with E-state index in [9.17, 15) is 18.0 Å². The number of benzene rings is 2. The first-order chi connectivity index (χ1) is 13.2. The van der Waals surface area contributed by atoms with E-state index in [-0.39, 0.29) is 23.4 Å². The van der Waals surface area contributed by atoms with E-state index in [0.717, 1.165) is 10.2 Å². The minimum absolute atomic E-state index is 0.00424. The van der Waals surface area contributed by atoms with Crippen molar-refractivity contribution >= 4 is 26.8 Å². The third-order valence-corrected chi connectivity index (χ3v) is 5.51. The summed E-state index contributed by atoms with van der Waals surface area (Å²) in [7, 11) is -2.18. The normalized spacial score (nSPS) is 12.7. The second kappa shape index (κ2) is 7.49. The molecule has 9 nitrogen and oxygen atoms in total. The van der Waals surface area contributed by atoms with Crippen LogP contribution in [0.15, 0.2) is 58.2 Å². The second-order valence-corrected chi connectivity index (χ2v) is 7.93. The maximum atomic E-state index is 12.6. The number of fused-ring (bicyclic) bond motifs is 1. The molecule has 1 atom stereocenters. The van der Waals surface area contributed by atoms with Gasteiger partial charge in [0.15, 0.2) is 0 Å². The summed E-state index contributed by atoms with van der Waals surface area (Å²) < 4.78 is 23.7. The Hall–Kier alpha value is -3.11. The highest BCUT2D eigenvalue weighted by molar-refractivity contribution is 7.89. The lowest BCUT2D eigenvalue weighted by Crippen LogP contribution is -2.36. The first-order valence-electron chi connectivity index (χ1n) is 8.39. The fourth-order valence-corrected chi connectivity index (χ4v) is 3.26. The molecule has 10 heteroatoms. The van der Waals surface area contributed by atoms with Gasteiger partial charge in [0.2, 0.25) is 15.9 Å². The summed E-state index contributed by atoms with van der Waals surface area (Å²) in [4.78, 5) is 26.6. The summed E-state index contributed by atoms with van der Waals surface area (Å²) in [6.07, 6.45) is 0. The molecule has 146 valence electrons. The van der Waals surface area contributed by atoms with Crippen LogP contribution < -0.4 is 10.7 Å². The van der Waals surface area contributed by atoms with Crippen LogP contribution >= 0.6 is 0 Å². The van der Waals surface area contributed by atoms with E-state index in [1.165, 1.54) is 17.0 Å². The highest BCUT2D eigenvalue weighted by atomic mass is 32.2. The van der Waals surface area contributed by atoms with E-state index in [4.69, 9.17) is 5.14 Å². The van der Waals surface area contributed by atoms with Gasteiger partial charge < -0.3 is 4.90 Å². The third-order valence-electron chi connectivity index (χ3n) is 4.58. The fraction of sp³-hybridized carbons (Fsp3) is 0.222. The first kappa shape index (κ1) is 19.6. The quantitative estimate of drug-likeness (QED) is 0.669. The number of likely N-dealkylation sites (N-methyl/N-ethyl adjacent to an activating group) is 1. The van der Waals surface area contributed by atoms with E-state index in [1.54, 1.807) is 50.4 Å². The van der Waals surface area contributed by atoms with Crippen molar-refractivity contribution in [3.05, 3.63) is 64.4 Å². The highest BCUT2D eigenvalue weighted by Crippen LogP contribution is 2.20. The maximum absolute atomic E-state index is 12.6. The Morgan fingerprint density at radius 3 is 2.46 bits per heavy atom. The molecule has 0 saturated heterocycles. The van der Waals surface area contributed by atoms with Gasteiger partial charge in [-0.15, -0.1) is 5.10 Å². The summed E-state index contributed by atoms with van der Waals surface area (Å²) >= 11 is 0. The summed E-state index contributed by atoms with van der Waals surface area (Å²) in [6.45, 7) is 1.53. The number of nitrogens with two attached hydrogens (primary N) is 1. The number of carbonyl (C=O) groups is 1. The molecule has 0 aliphatic carbocycles. The molecule has 0 aliphatic heterocycles. The number of aromatic nitrogens is 3. The Kier molecular flexibility index (Phi) is 5.25. The van der Waals surface area contributed by atoms with Crippen LogP contribution in [0.4, 0.5) is 0 Å². The van der Waals surface area contributed by atoms with Gasteiger partial charge in [-0.2, -0.15) is 0 Å². The number of hydrogen-bond donors (Lipinski definition) is 1. The van der Waals surface area contributed by atoms with Crippen LogP contribution in [-0.4, -0.2) is 41.3 Å². The van der Waals surface area contributed by atoms with Gasteiger partial charge in [-0.25, -0.2) is 18.2 Å². The molecule has 0 fully saturated rings. The van der Waals surface area contributed by atoms with Crippen LogP contribution in [0.25, 0.3) is 10.9 Å². The molecule has 1 aromatic heterocycles. The lowest BCUT2D eigenvalue weighted by atomic mass is 10.1. The topological polar surface area (TPSA) is 128 Å². The predicted molar refractivity (Wildman–Crippen MR) is 103 cm³/mol. The van der Waals surface area contributed by atoms with Gasteiger partial charge in [0.25, 0.3) is 5.56 Å². The SMILES string of the molecule is C[C@H](c1ccc(S(N)(=O)=O)cc1)N(C)C(=O)Cn1nnc2ccccc2c1=O. The van der Waals surface area contributed by atoms with Crippen molar-refractivity contribution in [2.75, 3.05) is 7.05 Å². The van der Waals surface area contributed by atoms with Crippen LogP contribution in [-0.2, 0) is 21.4 Å². The molecule has 0 aliphatic rings. The molecular formula is C18H19N5O4S. The van der Waals surface area contributed by atoms with Crippen LogP contribution in [0.1, 0.15) is 18.5 Å². The molecule has 0 saturated carbocycles. The van der Waals surface area contributed by atoms with Gasteiger partial charge in [0, 0.05) is 7.05 Å². The van der Waals surface area contributed by atoms with E-state index in [1.807, 2.05) is 0 Å². The molecule has 1 amide bonds. The number of hydrogen-bond acceptors (Lipinski definition) is 6. The Morgan fingerprint density at radius 1 is 1.18 bits per heavy atom. The van der Waals surface area contributed by atoms with Crippen molar-refractivity contribution < 1.29 is 13.2 Å². The smallest absolute Gasteiger partial charge is 0.278 e. The van der Waals surface area contributed by atoms with Crippen molar-refractivity contribution in [1.29, 1.82) is 0 Å². The Balaban J connectivity index is 1.79. The van der Waals surface area contributed by atoms with Gasteiger partial charge in [-0.1, -0.05) is 29.5 Å². The molecule has 2 N–H and O–H groups in total. The zero-order valence-corrected chi connectivity index (χ0v) is 16.1. The van der Waals surface area contributed by atoms with Gasteiger partial charge >= 0.3 is 0 Å². The van der Waals surface area contributed by atoms with Crippen LogP contribution in [0.3, 0.4) is 0 Å². The molecule has 2 aromatic carbocycles. The molecular weight excluding hydrogens is 382 g/mol. The van der Waals surface area contributed by atoms with E-state index in [0.29, 0.717) is 10.9 Å². The van der Waals surface area contributed by atoms with Crippen molar-refractivity contribution in [1.82, 2.24) is 19.9 Å². The van der Waals surface area contributed by atoms with E-state index in [2.05, 4.69) is 10.3 Å². The summed E-state index contributed by atoms with van der Waals surface area (Å²) in [6, 6.07) is 12.4. The number of sulfonamides is 1. The predicted octanol–water partition coefficient (Wildman–Crippen LogP) is 0.658. The molecule has 0 unspecified atom stereocenters. The van der Waals surface area contributed by atoms with Crippen molar-refractivity contribution in [2.45, 2.75) is 24.4 Å². The number of primary sulfonamides is 1. The molecule has 0 spiro atoms. The molecule has 0 radical (unpaired) electrons. The Bertz CT molecular complexity index is 1190. The van der Waals surface area contributed by atoms with Crippen LogP contribution in [0.2, 0.25) is 0 Å². The van der Waals surface area contributed by atoms with E-state index >= 15 is 0 Å². The van der Waals surface area contributed by atoms with E-state index < -0.39 is 15.6 Å².